The highest BCUT2D eigenvalue weighted by Gasteiger charge is 2.23. The normalized spacial score (nSPS) is 12.8. The topological polar surface area (TPSA) is 100 Å². The number of aromatic amines is 1. The molecule has 1 aromatic carbocycles. The Labute approximate surface area is 168 Å². The number of H-pyrrole nitrogens is 1. The monoisotopic (exact) mass is 450 g/mol. The quantitative estimate of drug-likeness (QED) is 0.616. The highest BCUT2D eigenvalue weighted by atomic mass is 79.9. The number of methoxy groups -OCH3 is 1. The summed E-state index contributed by atoms with van der Waals surface area (Å²) in [5.41, 5.74) is 0.499. The van der Waals surface area contributed by atoms with Crippen LogP contribution in [0.1, 0.15) is 13.3 Å². The van der Waals surface area contributed by atoms with Gasteiger partial charge in [0.25, 0.3) is 5.56 Å². The predicted molar refractivity (Wildman–Crippen MR) is 106 cm³/mol. The lowest BCUT2D eigenvalue weighted by atomic mass is 10.2. The average molecular weight is 451 g/mol. The Morgan fingerprint density at radius 1 is 1.25 bits per heavy atom. The Hall–Kier alpha value is -2.59. The first-order valence-corrected chi connectivity index (χ1v) is 9.66. The van der Waals surface area contributed by atoms with E-state index in [1.54, 1.807) is 11.7 Å². The summed E-state index contributed by atoms with van der Waals surface area (Å²) in [6, 6.07) is 3.67. The van der Waals surface area contributed by atoms with E-state index in [4.69, 9.17) is 14.2 Å². The second-order valence-electron chi connectivity index (χ2n) is 6.35. The van der Waals surface area contributed by atoms with Crippen LogP contribution in [0.5, 0.6) is 11.5 Å². The third kappa shape index (κ3) is 3.02. The molecule has 2 aromatic heterocycles. The molecule has 9 nitrogen and oxygen atoms in total. The van der Waals surface area contributed by atoms with Crippen LogP contribution in [0.15, 0.2) is 26.2 Å². The SMILES string of the molecule is CCCn1c(=O)[nH]c(=O)c2c1nc(-c1cc(Br)c3c(c1)OCO3)n2CCOC. The van der Waals surface area contributed by atoms with Crippen molar-refractivity contribution >= 4 is 27.1 Å². The minimum atomic E-state index is -0.470. The van der Waals surface area contributed by atoms with Crippen LogP contribution in [0.2, 0.25) is 0 Å². The van der Waals surface area contributed by atoms with E-state index in [1.165, 1.54) is 4.57 Å². The van der Waals surface area contributed by atoms with Gasteiger partial charge >= 0.3 is 5.69 Å². The second-order valence-corrected chi connectivity index (χ2v) is 7.21. The number of benzene rings is 1. The first kappa shape index (κ1) is 18.8. The van der Waals surface area contributed by atoms with Crippen LogP contribution in [-0.4, -0.2) is 39.6 Å². The molecule has 4 rings (SSSR count). The van der Waals surface area contributed by atoms with Gasteiger partial charge < -0.3 is 18.8 Å². The van der Waals surface area contributed by atoms with Gasteiger partial charge in [0.05, 0.1) is 11.1 Å². The molecule has 28 heavy (non-hydrogen) atoms. The van der Waals surface area contributed by atoms with E-state index in [-0.39, 0.29) is 6.79 Å². The molecule has 0 radical (unpaired) electrons. The average Bonchev–Trinajstić information content (AvgIpc) is 3.28. The number of imidazole rings is 1. The van der Waals surface area contributed by atoms with E-state index in [2.05, 4.69) is 25.9 Å². The van der Waals surface area contributed by atoms with Crippen molar-refractivity contribution in [1.82, 2.24) is 19.1 Å². The lowest BCUT2D eigenvalue weighted by Gasteiger charge is -2.10. The van der Waals surface area contributed by atoms with E-state index < -0.39 is 11.2 Å². The summed E-state index contributed by atoms with van der Waals surface area (Å²) < 4.78 is 20.1. The van der Waals surface area contributed by atoms with Crippen molar-refractivity contribution in [2.75, 3.05) is 20.5 Å². The predicted octanol–water partition coefficient (Wildman–Crippen LogP) is 2.10. The number of ether oxygens (including phenoxy) is 3. The standard InChI is InChI=1S/C18H19BrN4O5/c1-3-4-23-16-13(17(24)21-18(23)25)22(5-6-26-2)15(20-16)10-7-11(19)14-12(8-10)27-9-28-14/h7-8H,3-6,9H2,1-2H3,(H,21,24,25). The fraction of sp³-hybridized carbons (Fsp3) is 0.389. The van der Waals surface area contributed by atoms with Crippen LogP contribution in [0.25, 0.3) is 22.6 Å². The van der Waals surface area contributed by atoms with Gasteiger partial charge in [-0.25, -0.2) is 9.78 Å². The fourth-order valence-corrected chi connectivity index (χ4v) is 3.88. The van der Waals surface area contributed by atoms with Crippen LogP contribution in [0, 0.1) is 0 Å². The zero-order valence-corrected chi connectivity index (χ0v) is 17.0. The number of hydrogen-bond donors (Lipinski definition) is 1. The minimum absolute atomic E-state index is 0.146. The molecule has 3 heterocycles. The van der Waals surface area contributed by atoms with Crippen molar-refractivity contribution in [3.05, 3.63) is 37.4 Å². The van der Waals surface area contributed by atoms with Crippen LogP contribution in [0.3, 0.4) is 0 Å². The number of fused-ring (bicyclic) bond motifs is 2. The van der Waals surface area contributed by atoms with Crippen LogP contribution in [0.4, 0.5) is 0 Å². The zero-order chi connectivity index (χ0) is 19.8. The largest absolute Gasteiger partial charge is 0.454 e. The van der Waals surface area contributed by atoms with Crippen molar-refractivity contribution in [3.63, 3.8) is 0 Å². The highest BCUT2D eigenvalue weighted by Crippen LogP contribution is 2.42. The maximum Gasteiger partial charge on any atom is 0.330 e. The van der Waals surface area contributed by atoms with Crippen molar-refractivity contribution in [1.29, 1.82) is 0 Å². The van der Waals surface area contributed by atoms with Gasteiger partial charge in [-0.05, 0) is 34.5 Å². The molecular formula is C18H19BrN4O5. The Kier molecular flexibility index (Phi) is 4.98. The van der Waals surface area contributed by atoms with Gasteiger partial charge in [0.15, 0.2) is 22.7 Å². The third-order valence-corrected chi connectivity index (χ3v) is 5.13. The smallest absolute Gasteiger partial charge is 0.330 e. The first-order chi connectivity index (χ1) is 13.5. The summed E-state index contributed by atoms with van der Waals surface area (Å²) in [6.45, 7) is 3.35. The van der Waals surface area contributed by atoms with Gasteiger partial charge in [-0.2, -0.15) is 0 Å². The maximum absolute atomic E-state index is 12.6. The molecule has 1 aliphatic heterocycles. The minimum Gasteiger partial charge on any atom is -0.454 e. The maximum atomic E-state index is 12.6. The number of rotatable bonds is 6. The molecule has 1 aliphatic rings. The summed E-state index contributed by atoms with van der Waals surface area (Å²) in [5.74, 6) is 1.77. The Morgan fingerprint density at radius 3 is 2.82 bits per heavy atom. The molecule has 1 N–H and O–H groups in total. The molecule has 3 aromatic rings. The van der Waals surface area contributed by atoms with Gasteiger partial charge in [-0.15, -0.1) is 0 Å². The fourth-order valence-electron chi connectivity index (χ4n) is 3.32. The molecule has 0 saturated heterocycles. The molecular weight excluding hydrogens is 432 g/mol. The van der Waals surface area contributed by atoms with E-state index in [0.29, 0.717) is 48.2 Å². The van der Waals surface area contributed by atoms with Crippen molar-refractivity contribution < 1.29 is 14.2 Å². The number of halogens is 1. The molecule has 0 fully saturated rings. The summed E-state index contributed by atoms with van der Waals surface area (Å²) in [7, 11) is 1.59. The van der Waals surface area contributed by atoms with E-state index in [0.717, 1.165) is 16.5 Å². The number of hydrogen-bond acceptors (Lipinski definition) is 6. The van der Waals surface area contributed by atoms with Crippen LogP contribution >= 0.6 is 15.9 Å². The van der Waals surface area contributed by atoms with Gasteiger partial charge in [-0.1, -0.05) is 6.92 Å². The molecule has 10 heteroatoms. The van der Waals surface area contributed by atoms with E-state index in [9.17, 15) is 9.59 Å². The van der Waals surface area contributed by atoms with Crippen molar-refractivity contribution in [3.8, 4) is 22.9 Å². The molecule has 0 spiro atoms. The van der Waals surface area contributed by atoms with E-state index >= 15 is 0 Å². The van der Waals surface area contributed by atoms with Gasteiger partial charge in [0, 0.05) is 25.8 Å². The number of nitrogens with zero attached hydrogens (tertiary/aromatic N) is 3. The van der Waals surface area contributed by atoms with Gasteiger partial charge in [-0.3, -0.25) is 14.3 Å². The zero-order valence-electron chi connectivity index (χ0n) is 15.5. The Morgan fingerprint density at radius 2 is 2.07 bits per heavy atom. The molecule has 0 unspecified atom stereocenters. The van der Waals surface area contributed by atoms with Crippen LogP contribution in [-0.2, 0) is 17.8 Å². The van der Waals surface area contributed by atoms with Gasteiger partial charge in [0.1, 0.15) is 5.82 Å². The first-order valence-electron chi connectivity index (χ1n) is 8.87. The molecule has 148 valence electrons. The van der Waals surface area contributed by atoms with Gasteiger partial charge in [0.2, 0.25) is 6.79 Å². The Balaban J connectivity index is 2.01. The molecule has 0 atom stereocenters. The summed E-state index contributed by atoms with van der Waals surface area (Å²) in [5, 5.41) is 0. The van der Waals surface area contributed by atoms with Crippen LogP contribution < -0.4 is 20.7 Å². The molecule has 0 aliphatic carbocycles. The highest BCUT2D eigenvalue weighted by molar-refractivity contribution is 9.10. The van der Waals surface area contributed by atoms with Crippen molar-refractivity contribution in [2.24, 2.45) is 0 Å². The van der Waals surface area contributed by atoms with Crippen molar-refractivity contribution in [2.45, 2.75) is 26.4 Å². The Bertz CT molecular complexity index is 1160. The molecule has 0 bridgehead atoms. The summed E-state index contributed by atoms with van der Waals surface area (Å²) in [4.78, 5) is 32.0. The lowest BCUT2D eigenvalue weighted by molar-refractivity contribution is 0.173. The summed E-state index contributed by atoms with van der Waals surface area (Å²) in [6.07, 6.45) is 0.733. The lowest BCUT2D eigenvalue weighted by Crippen LogP contribution is -2.31. The molecule has 0 amide bonds. The number of aryl methyl sites for hydroxylation is 1. The third-order valence-electron chi connectivity index (χ3n) is 4.54. The summed E-state index contributed by atoms with van der Waals surface area (Å²) >= 11 is 3.49. The molecule has 0 saturated carbocycles. The second kappa shape index (κ2) is 7.44. The van der Waals surface area contributed by atoms with E-state index in [1.807, 2.05) is 19.1 Å². The number of aromatic nitrogens is 4. The number of nitrogens with one attached hydrogen (secondary N) is 1.